The number of urea groups is 1. The molecule has 3 rings (SSSR count). The van der Waals surface area contributed by atoms with Crippen LogP contribution in [0.4, 0.5) is 16.2 Å². The Labute approximate surface area is 174 Å². The molecule has 9 heteroatoms. The Bertz CT molecular complexity index is 903. The van der Waals surface area contributed by atoms with Gasteiger partial charge in [-0.05, 0) is 31.0 Å². The van der Waals surface area contributed by atoms with Crippen LogP contribution in [-0.4, -0.2) is 46.5 Å². The molecular formula is C21H26N4O5. The molecule has 1 aromatic rings. The van der Waals surface area contributed by atoms with Gasteiger partial charge in [0.15, 0.2) is 5.78 Å². The topological polar surface area (TPSA) is 125 Å². The summed E-state index contributed by atoms with van der Waals surface area (Å²) in [5, 5.41) is 7.96. The summed E-state index contributed by atoms with van der Waals surface area (Å²) in [4.78, 5) is 62.3. The highest BCUT2D eigenvalue weighted by molar-refractivity contribution is 6.13. The smallest absolute Gasteiger partial charge is 0.325 e. The minimum Gasteiger partial charge on any atom is -0.326 e. The van der Waals surface area contributed by atoms with E-state index in [-0.39, 0.29) is 23.1 Å². The lowest BCUT2D eigenvalue weighted by molar-refractivity contribution is -0.131. The van der Waals surface area contributed by atoms with Crippen molar-refractivity contribution in [2.75, 3.05) is 17.2 Å². The maximum Gasteiger partial charge on any atom is 0.325 e. The maximum absolute atomic E-state index is 13.0. The van der Waals surface area contributed by atoms with Crippen LogP contribution in [0.1, 0.15) is 62.7 Å². The number of anilines is 2. The van der Waals surface area contributed by atoms with Crippen molar-refractivity contribution in [3.05, 3.63) is 23.8 Å². The van der Waals surface area contributed by atoms with Crippen LogP contribution < -0.4 is 16.0 Å². The molecular weight excluding hydrogens is 388 g/mol. The van der Waals surface area contributed by atoms with Crippen molar-refractivity contribution in [1.29, 1.82) is 0 Å². The summed E-state index contributed by atoms with van der Waals surface area (Å²) in [6, 6.07) is 3.89. The Morgan fingerprint density at radius 3 is 2.23 bits per heavy atom. The molecule has 1 aliphatic carbocycles. The quantitative estimate of drug-likeness (QED) is 0.504. The van der Waals surface area contributed by atoms with Crippen LogP contribution in [0.15, 0.2) is 18.2 Å². The van der Waals surface area contributed by atoms with Gasteiger partial charge in [0, 0.05) is 25.1 Å². The lowest BCUT2D eigenvalue weighted by atomic mass is 9.90. The summed E-state index contributed by atoms with van der Waals surface area (Å²) in [6.45, 7) is 2.23. The molecule has 1 spiro atoms. The predicted molar refractivity (Wildman–Crippen MR) is 110 cm³/mol. The number of benzene rings is 1. The third-order valence-electron chi connectivity index (χ3n) is 5.46. The summed E-state index contributed by atoms with van der Waals surface area (Å²) in [5.41, 5.74) is -0.143. The summed E-state index contributed by atoms with van der Waals surface area (Å²) in [7, 11) is 0. The highest BCUT2D eigenvalue weighted by Gasteiger charge is 2.51. The van der Waals surface area contributed by atoms with Crippen LogP contribution in [0, 0.1) is 0 Å². The van der Waals surface area contributed by atoms with Crippen molar-refractivity contribution >= 4 is 40.9 Å². The molecule has 0 radical (unpaired) electrons. The van der Waals surface area contributed by atoms with Gasteiger partial charge in [-0.25, -0.2) is 4.79 Å². The molecule has 0 bridgehead atoms. The van der Waals surface area contributed by atoms with E-state index in [0.29, 0.717) is 18.5 Å². The fraction of sp³-hybridized carbons (Fsp3) is 0.476. The van der Waals surface area contributed by atoms with Crippen molar-refractivity contribution in [3.63, 3.8) is 0 Å². The minimum absolute atomic E-state index is 0.154. The summed E-state index contributed by atoms with van der Waals surface area (Å²) in [5.74, 6) is -1.53. The highest BCUT2D eigenvalue weighted by Crippen LogP contribution is 2.33. The van der Waals surface area contributed by atoms with E-state index in [1.54, 1.807) is 0 Å². The van der Waals surface area contributed by atoms with Gasteiger partial charge in [0.05, 0.1) is 12.2 Å². The number of ketones is 1. The second-order valence-electron chi connectivity index (χ2n) is 7.86. The zero-order valence-electron chi connectivity index (χ0n) is 17.2. The molecule has 5 amide bonds. The van der Waals surface area contributed by atoms with Crippen LogP contribution in [0.3, 0.4) is 0 Å². The van der Waals surface area contributed by atoms with Gasteiger partial charge in [-0.3, -0.25) is 24.1 Å². The SMILES string of the molecule is CC(=O)Nc1ccc(C(=O)CN2C(=O)NC3(CCCCCC3)C2=O)c(NC(C)=O)c1. The third kappa shape index (κ3) is 4.50. The van der Waals surface area contributed by atoms with Crippen LogP contribution in [0.2, 0.25) is 0 Å². The molecule has 160 valence electrons. The Balaban J connectivity index is 1.82. The largest absolute Gasteiger partial charge is 0.326 e. The van der Waals surface area contributed by atoms with E-state index in [9.17, 15) is 24.0 Å². The normalized spacial score (nSPS) is 18.0. The van der Waals surface area contributed by atoms with Gasteiger partial charge in [-0.2, -0.15) is 0 Å². The Hall–Kier alpha value is -3.23. The standard InChI is InChI=1S/C21H26N4O5/c1-13(26)22-15-7-8-16(17(11-15)23-14(2)27)18(28)12-25-19(29)21(24-20(25)30)9-5-3-4-6-10-21/h7-8,11H,3-6,9-10,12H2,1-2H3,(H,22,26)(H,23,27)(H,24,30). The zero-order valence-corrected chi connectivity index (χ0v) is 17.2. The molecule has 2 fully saturated rings. The summed E-state index contributed by atoms with van der Waals surface area (Å²) >= 11 is 0. The van der Waals surface area contributed by atoms with E-state index in [4.69, 9.17) is 0 Å². The van der Waals surface area contributed by atoms with Crippen molar-refractivity contribution in [1.82, 2.24) is 10.2 Å². The fourth-order valence-electron chi connectivity index (χ4n) is 4.08. The lowest BCUT2D eigenvalue weighted by Crippen LogP contribution is -2.46. The Kier molecular flexibility index (Phi) is 6.19. The molecule has 1 heterocycles. The van der Waals surface area contributed by atoms with Gasteiger partial charge in [0.2, 0.25) is 11.8 Å². The first kappa shape index (κ1) is 21.5. The van der Waals surface area contributed by atoms with Crippen molar-refractivity contribution in [2.24, 2.45) is 0 Å². The van der Waals surface area contributed by atoms with Crippen molar-refractivity contribution in [3.8, 4) is 0 Å². The average Bonchev–Trinajstić information content (AvgIpc) is 2.81. The Morgan fingerprint density at radius 2 is 1.63 bits per heavy atom. The highest BCUT2D eigenvalue weighted by atomic mass is 16.2. The van der Waals surface area contributed by atoms with Gasteiger partial charge in [-0.1, -0.05) is 25.7 Å². The molecule has 2 aliphatic rings. The number of hydrogen-bond donors (Lipinski definition) is 3. The van der Waals surface area contributed by atoms with E-state index in [1.807, 2.05) is 0 Å². The molecule has 1 aliphatic heterocycles. The van der Waals surface area contributed by atoms with E-state index >= 15 is 0 Å². The maximum atomic E-state index is 13.0. The molecule has 1 saturated heterocycles. The van der Waals surface area contributed by atoms with Crippen LogP contribution in [-0.2, 0) is 14.4 Å². The zero-order chi connectivity index (χ0) is 21.9. The number of hydrogen-bond acceptors (Lipinski definition) is 5. The van der Waals surface area contributed by atoms with Gasteiger partial charge in [0.1, 0.15) is 5.54 Å². The monoisotopic (exact) mass is 414 g/mol. The first-order valence-electron chi connectivity index (χ1n) is 10.1. The van der Waals surface area contributed by atoms with Crippen molar-refractivity contribution in [2.45, 2.75) is 57.9 Å². The number of carbonyl (C=O) groups is 5. The van der Waals surface area contributed by atoms with Gasteiger partial charge >= 0.3 is 6.03 Å². The second-order valence-corrected chi connectivity index (χ2v) is 7.86. The van der Waals surface area contributed by atoms with Crippen LogP contribution in [0.5, 0.6) is 0 Å². The molecule has 0 unspecified atom stereocenters. The van der Waals surface area contributed by atoms with E-state index in [0.717, 1.165) is 30.6 Å². The summed E-state index contributed by atoms with van der Waals surface area (Å²) in [6.07, 6.45) is 4.89. The molecule has 0 aromatic heterocycles. The number of rotatable bonds is 5. The number of carbonyl (C=O) groups excluding carboxylic acids is 5. The van der Waals surface area contributed by atoms with Gasteiger partial charge in [0.25, 0.3) is 5.91 Å². The van der Waals surface area contributed by atoms with E-state index in [2.05, 4.69) is 16.0 Å². The van der Waals surface area contributed by atoms with E-state index in [1.165, 1.54) is 32.0 Å². The molecule has 0 atom stereocenters. The molecule has 30 heavy (non-hydrogen) atoms. The average molecular weight is 414 g/mol. The molecule has 1 saturated carbocycles. The third-order valence-corrected chi connectivity index (χ3v) is 5.46. The van der Waals surface area contributed by atoms with Gasteiger partial charge < -0.3 is 16.0 Å². The number of nitrogens with zero attached hydrogens (tertiary/aromatic N) is 1. The fourth-order valence-corrected chi connectivity index (χ4v) is 4.08. The Morgan fingerprint density at radius 1 is 1.00 bits per heavy atom. The van der Waals surface area contributed by atoms with Crippen LogP contribution in [0.25, 0.3) is 0 Å². The number of Topliss-reactive ketones (excluding diaryl/α,β-unsaturated/α-hetero) is 1. The van der Waals surface area contributed by atoms with Gasteiger partial charge in [-0.15, -0.1) is 0 Å². The lowest BCUT2D eigenvalue weighted by Gasteiger charge is -2.24. The summed E-state index contributed by atoms with van der Waals surface area (Å²) < 4.78 is 0. The van der Waals surface area contributed by atoms with E-state index < -0.39 is 29.8 Å². The molecule has 3 N–H and O–H groups in total. The molecule has 9 nitrogen and oxygen atoms in total. The first-order valence-corrected chi connectivity index (χ1v) is 10.1. The number of imide groups is 1. The number of amides is 5. The predicted octanol–water partition coefficient (Wildman–Crippen LogP) is 2.43. The second kappa shape index (κ2) is 8.64. The minimum atomic E-state index is -0.913. The number of nitrogens with one attached hydrogen (secondary N) is 3. The first-order chi connectivity index (χ1) is 14.2. The van der Waals surface area contributed by atoms with Crippen LogP contribution >= 0.6 is 0 Å². The molecule has 1 aromatic carbocycles. The van der Waals surface area contributed by atoms with Crippen molar-refractivity contribution < 1.29 is 24.0 Å².